The molecule has 2 rings (SSSR count). The summed E-state index contributed by atoms with van der Waals surface area (Å²) in [6.45, 7) is 5.53. The third-order valence-electron chi connectivity index (χ3n) is 3.68. The molecule has 0 aliphatic heterocycles. The lowest BCUT2D eigenvalue weighted by Gasteiger charge is -2.14. The highest BCUT2D eigenvalue weighted by Crippen LogP contribution is 2.29. The molecule has 0 spiro atoms. The molecule has 1 unspecified atom stereocenters. The Morgan fingerprint density at radius 2 is 1.85 bits per heavy atom. The Hall–Kier alpha value is -2.18. The Kier molecular flexibility index (Phi) is 7.36. The molecule has 2 amide bonds. The van der Waals surface area contributed by atoms with Gasteiger partial charge in [0, 0.05) is 4.90 Å². The Morgan fingerprint density at radius 3 is 2.54 bits per heavy atom. The minimum absolute atomic E-state index is 0.186. The van der Waals surface area contributed by atoms with Crippen molar-refractivity contribution < 1.29 is 14.3 Å². The van der Waals surface area contributed by atoms with Gasteiger partial charge in [-0.05, 0) is 56.2 Å². The summed E-state index contributed by atoms with van der Waals surface area (Å²) in [6.07, 6.45) is 0. The molecule has 0 aromatic heterocycles. The number of carbonyl (C=O) groups excluding carboxylic acids is 2. The predicted molar refractivity (Wildman–Crippen MR) is 104 cm³/mol. The summed E-state index contributed by atoms with van der Waals surface area (Å²) in [5, 5.41) is 0.166. The number of ether oxygens (including phenoxy) is 1. The van der Waals surface area contributed by atoms with Crippen molar-refractivity contribution >= 4 is 35.2 Å². The van der Waals surface area contributed by atoms with Crippen molar-refractivity contribution in [2.75, 3.05) is 6.61 Å². The predicted octanol–water partition coefficient (Wildman–Crippen LogP) is 3.66. The van der Waals surface area contributed by atoms with E-state index in [1.165, 1.54) is 11.8 Å². The number of halogens is 1. The Morgan fingerprint density at radius 1 is 1.12 bits per heavy atom. The molecular weight excluding hydrogens is 372 g/mol. The summed E-state index contributed by atoms with van der Waals surface area (Å²) in [6, 6.07) is 12.9. The van der Waals surface area contributed by atoms with E-state index in [4.69, 9.17) is 16.3 Å². The molecular formula is C19H21ClN2O3S. The summed E-state index contributed by atoms with van der Waals surface area (Å²) >= 11 is 7.40. The fourth-order valence-electron chi connectivity index (χ4n) is 2.01. The molecule has 7 heteroatoms. The van der Waals surface area contributed by atoms with Gasteiger partial charge in [0.15, 0.2) is 6.61 Å². The van der Waals surface area contributed by atoms with Crippen LogP contribution >= 0.6 is 23.4 Å². The number of hydrogen-bond donors (Lipinski definition) is 2. The van der Waals surface area contributed by atoms with Gasteiger partial charge in [0.2, 0.25) is 0 Å². The van der Waals surface area contributed by atoms with E-state index >= 15 is 0 Å². The Labute approximate surface area is 162 Å². The maximum absolute atomic E-state index is 12.1. The van der Waals surface area contributed by atoms with Crippen molar-refractivity contribution in [1.82, 2.24) is 10.9 Å². The lowest BCUT2D eigenvalue weighted by Crippen LogP contribution is -2.46. The van der Waals surface area contributed by atoms with Gasteiger partial charge in [-0.25, -0.2) is 0 Å². The van der Waals surface area contributed by atoms with Gasteiger partial charge < -0.3 is 4.74 Å². The standard InChI is InChI=1S/C19H21ClN2O3S/c1-12-8-9-15(10-13(12)2)25-11-18(23)21-22-19(24)14(3)26-17-7-5-4-6-16(17)20/h4-10,14H,11H2,1-3H3,(H,21,23)(H,22,24). The number of hydrogen-bond acceptors (Lipinski definition) is 4. The first-order valence-electron chi connectivity index (χ1n) is 8.06. The average molecular weight is 393 g/mol. The van der Waals surface area contributed by atoms with E-state index in [0.29, 0.717) is 10.8 Å². The average Bonchev–Trinajstić information content (AvgIpc) is 2.62. The molecule has 2 aromatic rings. The van der Waals surface area contributed by atoms with Crippen LogP contribution in [0.5, 0.6) is 5.75 Å². The molecule has 0 heterocycles. The molecule has 0 saturated heterocycles. The van der Waals surface area contributed by atoms with E-state index in [0.717, 1.165) is 16.0 Å². The minimum Gasteiger partial charge on any atom is -0.484 e. The molecule has 0 bridgehead atoms. The molecule has 0 saturated carbocycles. The van der Waals surface area contributed by atoms with Crippen LogP contribution in [0.3, 0.4) is 0 Å². The van der Waals surface area contributed by atoms with Crippen LogP contribution in [-0.4, -0.2) is 23.7 Å². The molecule has 1 atom stereocenters. The van der Waals surface area contributed by atoms with Gasteiger partial charge >= 0.3 is 0 Å². The summed E-state index contributed by atoms with van der Waals surface area (Å²) in [7, 11) is 0. The maximum atomic E-state index is 12.1. The first-order valence-corrected chi connectivity index (χ1v) is 9.32. The Balaban J connectivity index is 1.76. The van der Waals surface area contributed by atoms with Gasteiger partial charge in [-0.3, -0.25) is 20.4 Å². The van der Waals surface area contributed by atoms with Crippen LogP contribution in [0.2, 0.25) is 5.02 Å². The van der Waals surface area contributed by atoms with Gasteiger partial charge in [0.1, 0.15) is 5.75 Å². The lowest BCUT2D eigenvalue weighted by atomic mass is 10.1. The van der Waals surface area contributed by atoms with Crippen LogP contribution in [0, 0.1) is 13.8 Å². The van der Waals surface area contributed by atoms with E-state index in [2.05, 4.69) is 10.9 Å². The van der Waals surface area contributed by atoms with Gasteiger partial charge in [0.25, 0.3) is 11.8 Å². The van der Waals surface area contributed by atoms with Crippen molar-refractivity contribution in [2.45, 2.75) is 30.9 Å². The van der Waals surface area contributed by atoms with Gasteiger partial charge in [0.05, 0.1) is 10.3 Å². The van der Waals surface area contributed by atoms with Crippen molar-refractivity contribution in [1.29, 1.82) is 0 Å². The normalized spacial score (nSPS) is 11.5. The summed E-state index contributed by atoms with van der Waals surface area (Å²) in [5.74, 6) is -0.154. The molecule has 138 valence electrons. The second kappa shape index (κ2) is 9.50. The SMILES string of the molecule is Cc1ccc(OCC(=O)NNC(=O)C(C)Sc2ccccc2Cl)cc1C. The van der Waals surface area contributed by atoms with Crippen molar-refractivity contribution in [2.24, 2.45) is 0 Å². The summed E-state index contributed by atoms with van der Waals surface area (Å²) < 4.78 is 5.42. The van der Waals surface area contributed by atoms with Crippen LogP contribution in [0.25, 0.3) is 0 Å². The zero-order chi connectivity index (χ0) is 19.1. The maximum Gasteiger partial charge on any atom is 0.276 e. The van der Waals surface area contributed by atoms with E-state index < -0.39 is 11.2 Å². The first kappa shape index (κ1) is 20.1. The molecule has 0 radical (unpaired) electrons. The number of carbonyl (C=O) groups is 2. The number of amides is 2. The fourth-order valence-corrected chi connectivity index (χ4v) is 3.16. The molecule has 0 fully saturated rings. The zero-order valence-corrected chi connectivity index (χ0v) is 16.4. The number of benzene rings is 2. The first-order chi connectivity index (χ1) is 12.4. The van der Waals surface area contributed by atoms with Crippen LogP contribution in [-0.2, 0) is 9.59 Å². The number of aryl methyl sites for hydroxylation is 2. The molecule has 5 nitrogen and oxygen atoms in total. The lowest BCUT2D eigenvalue weighted by molar-refractivity contribution is -0.129. The van der Waals surface area contributed by atoms with Gasteiger partial charge in [-0.15, -0.1) is 11.8 Å². The highest BCUT2D eigenvalue weighted by atomic mass is 35.5. The third kappa shape index (κ3) is 5.97. The second-order valence-corrected chi connectivity index (χ2v) is 7.55. The largest absolute Gasteiger partial charge is 0.484 e. The van der Waals surface area contributed by atoms with Gasteiger partial charge in [-0.2, -0.15) is 0 Å². The highest BCUT2D eigenvalue weighted by molar-refractivity contribution is 8.00. The third-order valence-corrected chi connectivity index (χ3v) is 5.30. The van der Waals surface area contributed by atoms with E-state index in [-0.39, 0.29) is 12.5 Å². The van der Waals surface area contributed by atoms with Crippen LogP contribution in [0.1, 0.15) is 18.1 Å². The van der Waals surface area contributed by atoms with Crippen LogP contribution in [0.4, 0.5) is 0 Å². The molecule has 26 heavy (non-hydrogen) atoms. The van der Waals surface area contributed by atoms with Crippen LogP contribution in [0.15, 0.2) is 47.4 Å². The van der Waals surface area contributed by atoms with Crippen LogP contribution < -0.4 is 15.6 Å². The van der Waals surface area contributed by atoms with E-state index in [1.54, 1.807) is 19.1 Å². The monoisotopic (exact) mass is 392 g/mol. The summed E-state index contributed by atoms with van der Waals surface area (Å²) in [5.41, 5.74) is 6.98. The second-order valence-electron chi connectivity index (χ2n) is 5.76. The van der Waals surface area contributed by atoms with Crippen molar-refractivity contribution in [3.8, 4) is 5.75 Å². The highest BCUT2D eigenvalue weighted by Gasteiger charge is 2.16. The molecule has 2 N–H and O–H groups in total. The zero-order valence-electron chi connectivity index (χ0n) is 14.8. The number of thioether (sulfide) groups is 1. The molecule has 0 aliphatic rings. The quantitative estimate of drug-likeness (QED) is 0.581. The van der Waals surface area contributed by atoms with Crippen molar-refractivity contribution in [3.63, 3.8) is 0 Å². The summed E-state index contributed by atoms with van der Waals surface area (Å²) in [4.78, 5) is 24.7. The van der Waals surface area contributed by atoms with E-state index in [1.807, 2.05) is 44.2 Å². The van der Waals surface area contributed by atoms with E-state index in [9.17, 15) is 9.59 Å². The van der Waals surface area contributed by atoms with Crippen molar-refractivity contribution in [3.05, 3.63) is 58.6 Å². The molecule has 2 aromatic carbocycles. The topological polar surface area (TPSA) is 67.4 Å². The Bertz CT molecular complexity index is 798. The van der Waals surface area contributed by atoms with Gasteiger partial charge in [-0.1, -0.05) is 29.8 Å². The number of rotatable bonds is 6. The smallest absolute Gasteiger partial charge is 0.276 e. The number of hydrazine groups is 1. The minimum atomic E-state index is -0.438. The number of nitrogens with one attached hydrogen (secondary N) is 2. The molecule has 0 aliphatic carbocycles. The fraction of sp³-hybridized carbons (Fsp3) is 0.263.